The number of nitrogen functional groups attached to an aromatic ring is 1. The Labute approximate surface area is 122 Å². The van der Waals surface area contributed by atoms with Crippen molar-refractivity contribution in [3.05, 3.63) is 23.8 Å². The smallest absolute Gasteiger partial charge is 0.253 e. The Morgan fingerprint density at radius 3 is 2.15 bits per heavy atom. The van der Waals surface area contributed by atoms with Gasteiger partial charge in [-0.3, -0.25) is 4.79 Å². The number of hydrogen-bond acceptors (Lipinski definition) is 3. The zero-order valence-electron chi connectivity index (χ0n) is 13.7. The molecule has 0 saturated carbocycles. The normalized spacial score (nSPS) is 12.9. The Morgan fingerprint density at radius 1 is 1.20 bits per heavy atom. The summed E-state index contributed by atoms with van der Waals surface area (Å²) in [6, 6.07) is 5.85. The lowest BCUT2D eigenvalue weighted by molar-refractivity contribution is 0.0827. The van der Waals surface area contributed by atoms with Crippen molar-refractivity contribution in [3.8, 4) is 0 Å². The van der Waals surface area contributed by atoms with Crippen LogP contribution in [0.5, 0.6) is 0 Å². The van der Waals surface area contributed by atoms with Crippen molar-refractivity contribution in [2.75, 3.05) is 31.8 Å². The summed E-state index contributed by atoms with van der Waals surface area (Å²) in [6.07, 6.45) is 0. The molecule has 20 heavy (non-hydrogen) atoms. The van der Waals surface area contributed by atoms with Crippen LogP contribution in [-0.2, 0) is 0 Å². The molecule has 112 valence electrons. The summed E-state index contributed by atoms with van der Waals surface area (Å²) in [4.78, 5) is 15.6. The molecule has 0 aliphatic rings. The molecule has 1 amide bonds. The van der Waals surface area contributed by atoms with Gasteiger partial charge in [-0.25, -0.2) is 0 Å². The monoisotopic (exact) mass is 277 g/mol. The third kappa shape index (κ3) is 3.44. The summed E-state index contributed by atoms with van der Waals surface area (Å²) < 4.78 is 0. The summed E-state index contributed by atoms with van der Waals surface area (Å²) in [5.41, 5.74) is 8.50. The minimum absolute atomic E-state index is 0.0326. The van der Waals surface area contributed by atoms with E-state index in [4.69, 9.17) is 5.73 Å². The van der Waals surface area contributed by atoms with Gasteiger partial charge in [0.05, 0.1) is 11.4 Å². The van der Waals surface area contributed by atoms with Gasteiger partial charge in [-0.1, -0.05) is 20.8 Å². The van der Waals surface area contributed by atoms with Gasteiger partial charge in [0, 0.05) is 32.7 Å². The van der Waals surface area contributed by atoms with Crippen molar-refractivity contribution in [1.82, 2.24) is 4.90 Å². The van der Waals surface area contributed by atoms with E-state index in [0.717, 1.165) is 5.69 Å². The first-order valence-electron chi connectivity index (χ1n) is 6.89. The summed E-state index contributed by atoms with van der Waals surface area (Å²) in [5.74, 6) is -0.0326. The van der Waals surface area contributed by atoms with E-state index in [1.54, 1.807) is 25.1 Å². The van der Waals surface area contributed by atoms with Crippen LogP contribution >= 0.6 is 0 Å². The van der Waals surface area contributed by atoms with Crippen molar-refractivity contribution < 1.29 is 4.79 Å². The van der Waals surface area contributed by atoms with Crippen molar-refractivity contribution in [2.45, 2.75) is 33.7 Å². The molecule has 0 bridgehead atoms. The molecule has 1 aromatic carbocycles. The first-order valence-corrected chi connectivity index (χ1v) is 6.89. The highest BCUT2D eigenvalue weighted by Crippen LogP contribution is 2.31. The highest BCUT2D eigenvalue weighted by molar-refractivity contribution is 5.95. The first-order chi connectivity index (χ1) is 9.05. The van der Waals surface area contributed by atoms with Crippen LogP contribution in [0.4, 0.5) is 11.4 Å². The lowest BCUT2D eigenvalue weighted by atomic mass is 9.87. The lowest BCUT2D eigenvalue weighted by Gasteiger charge is -2.37. The fraction of sp³-hybridized carbons (Fsp3) is 0.562. The molecule has 1 aromatic rings. The molecule has 4 heteroatoms. The standard InChI is InChI=1S/C16H27N3O/c1-11(16(2,3)4)19(7)14-9-8-12(10-13(14)17)15(20)18(5)6/h8-11H,17H2,1-7H3. The average Bonchev–Trinajstić information content (AvgIpc) is 2.34. The molecule has 1 atom stereocenters. The minimum Gasteiger partial charge on any atom is -0.397 e. The zero-order chi connectivity index (χ0) is 15.7. The highest BCUT2D eigenvalue weighted by atomic mass is 16.2. The van der Waals surface area contributed by atoms with Gasteiger partial charge in [0.2, 0.25) is 0 Å². The number of carbonyl (C=O) groups is 1. The molecule has 0 spiro atoms. The van der Waals surface area contributed by atoms with E-state index < -0.39 is 0 Å². The van der Waals surface area contributed by atoms with Gasteiger partial charge in [-0.2, -0.15) is 0 Å². The van der Waals surface area contributed by atoms with Gasteiger partial charge in [-0.15, -0.1) is 0 Å². The second-order valence-electron chi connectivity index (χ2n) is 6.63. The lowest BCUT2D eigenvalue weighted by Crippen LogP contribution is -2.39. The maximum Gasteiger partial charge on any atom is 0.253 e. The Hall–Kier alpha value is -1.71. The SMILES string of the molecule is CC(N(C)c1ccc(C(=O)N(C)C)cc1N)C(C)(C)C. The van der Waals surface area contributed by atoms with Gasteiger partial charge < -0.3 is 15.5 Å². The summed E-state index contributed by atoms with van der Waals surface area (Å²) in [5, 5.41) is 0. The molecule has 1 unspecified atom stereocenters. The van der Waals surface area contributed by atoms with E-state index in [2.05, 4.69) is 32.6 Å². The maximum absolute atomic E-state index is 11.9. The second kappa shape index (κ2) is 5.73. The second-order valence-corrected chi connectivity index (χ2v) is 6.63. The fourth-order valence-corrected chi connectivity index (χ4v) is 2.06. The Bertz CT molecular complexity index is 489. The summed E-state index contributed by atoms with van der Waals surface area (Å²) in [7, 11) is 5.51. The molecule has 4 nitrogen and oxygen atoms in total. The third-order valence-electron chi connectivity index (χ3n) is 3.89. The third-order valence-corrected chi connectivity index (χ3v) is 3.89. The molecule has 0 aliphatic heterocycles. The van der Waals surface area contributed by atoms with Crippen LogP contribution in [0.3, 0.4) is 0 Å². The number of nitrogens with zero attached hydrogens (tertiary/aromatic N) is 2. The molecule has 0 radical (unpaired) electrons. The molecular formula is C16H27N3O. The fourth-order valence-electron chi connectivity index (χ4n) is 2.06. The van der Waals surface area contributed by atoms with E-state index in [1.165, 1.54) is 0 Å². The molecule has 2 N–H and O–H groups in total. The summed E-state index contributed by atoms with van der Waals surface area (Å²) >= 11 is 0. The van der Waals surface area contributed by atoms with Crippen molar-refractivity contribution in [1.29, 1.82) is 0 Å². The van der Waals surface area contributed by atoms with Crippen molar-refractivity contribution >= 4 is 17.3 Å². The molecule has 0 aromatic heterocycles. The van der Waals surface area contributed by atoms with Gasteiger partial charge in [-0.05, 0) is 30.5 Å². The molecule has 0 heterocycles. The van der Waals surface area contributed by atoms with Gasteiger partial charge >= 0.3 is 0 Å². The van der Waals surface area contributed by atoms with Crippen LogP contribution in [-0.4, -0.2) is 38.0 Å². The largest absolute Gasteiger partial charge is 0.397 e. The summed E-state index contributed by atoms with van der Waals surface area (Å²) in [6.45, 7) is 8.79. The zero-order valence-corrected chi connectivity index (χ0v) is 13.7. The topological polar surface area (TPSA) is 49.6 Å². The first kappa shape index (κ1) is 16.3. The number of anilines is 2. The van der Waals surface area contributed by atoms with Crippen LogP contribution in [0.15, 0.2) is 18.2 Å². The Morgan fingerprint density at radius 2 is 1.75 bits per heavy atom. The molecule has 0 saturated heterocycles. The van der Waals surface area contributed by atoms with Crippen LogP contribution < -0.4 is 10.6 Å². The predicted octanol–water partition coefficient (Wildman–Crippen LogP) is 2.84. The number of carbonyl (C=O) groups excluding carboxylic acids is 1. The van der Waals surface area contributed by atoms with Gasteiger partial charge in [0.15, 0.2) is 0 Å². The van der Waals surface area contributed by atoms with E-state index in [9.17, 15) is 4.79 Å². The van der Waals surface area contributed by atoms with Crippen molar-refractivity contribution in [3.63, 3.8) is 0 Å². The molecule has 0 aliphatic carbocycles. The van der Waals surface area contributed by atoms with Crippen LogP contribution in [0.25, 0.3) is 0 Å². The van der Waals surface area contributed by atoms with E-state index >= 15 is 0 Å². The van der Waals surface area contributed by atoms with Gasteiger partial charge in [0.25, 0.3) is 5.91 Å². The maximum atomic E-state index is 11.9. The average molecular weight is 277 g/mol. The molecule has 0 fully saturated rings. The van der Waals surface area contributed by atoms with E-state index in [0.29, 0.717) is 17.3 Å². The number of amides is 1. The Balaban J connectivity index is 3.08. The van der Waals surface area contributed by atoms with E-state index in [1.807, 2.05) is 19.2 Å². The van der Waals surface area contributed by atoms with Crippen LogP contribution in [0.1, 0.15) is 38.1 Å². The van der Waals surface area contributed by atoms with Crippen molar-refractivity contribution in [2.24, 2.45) is 5.41 Å². The molecular weight excluding hydrogens is 250 g/mol. The number of benzene rings is 1. The Kier molecular flexibility index (Phi) is 4.69. The van der Waals surface area contributed by atoms with Gasteiger partial charge in [0.1, 0.15) is 0 Å². The molecule has 1 rings (SSSR count). The number of rotatable bonds is 3. The predicted molar refractivity (Wildman–Crippen MR) is 86.2 cm³/mol. The minimum atomic E-state index is -0.0326. The van der Waals surface area contributed by atoms with E-state index in [-0.39, 0.29) is 11.3 Å². The number of hydrogen-bond donors (Lipinski definition) is 1. The number of nitrogens with two attached hydrogens (primary N) is 1. The van der Waals surface area contributed by atoms with Crippen LogP contribution in [0, 0.1) is 5.41 Å². The highest BCUT2D eigenvalue weighted by Gasteiger charge is 2.25. The quantitative estimate of drug-likeness (QED) is 0.864. The van der Waals surface area contributed by atoms with Crippen LogP contribution in [0.2, 0.25) is 0 Å².